The van der Waals surface area contributed by atoms with Crippen molar-refractivity contribution in [3.63, 3.8) is 0 Å². The second kappa shape index (κ2) is 11.2. The van der Waals surface area contributed by atoms with E-state index in [-0.39, 0.29) is 23.4 Å². The van der Waals surface area contributed by atoms with Crippen LogP contribution in [0.1, 0.15) is 36.0 Å². The number of nitrogens with zero attached hydrogens (tertiary/aromatic N) is 1. The average molecular weight is 400 g/mol. The molecule has 2 aromatic rings. The highest BCUT2D eigenvalue weighted by molar-refractivity contribution is 5.96. The molecule has 2 aromatic carbocycles. The highest BCUT2D eigenvalue weighted by Crippen LogP contribution is 2.18. The van der Waals surface area contributed by atoms with E-state index in [0.717, 1.165) is 0 Å². The molecule has 9 nitrogen and oxygen atoms in total. The zero-order valence-electron chi connectivity index (χ0n) is 15.5. The number of benzene rings is 2. The number of esters is 2. The fourth-order valence-electron chi connectivity index (χ4n) is 2.33. The smallest absolute Gasteiger partial charge is 0.415 e. The van der Waals surface area contributed by atoms with Gasteiger partial charge in [-0.05, 0) is 37.1 Å². The second-order valence-corrected chi connectivity index (χ2v) is 6.01. The van der Waals surface area contributed by atoms with Crippen LogP contribution in [-0.2, 0) is 9.53 Å². The number of unbranched alkanes of at least 4 members (excludes halogenated alkanes) is 2. The Morgan fingerprint density at radius 3 is 2.28 bits per heavy atom. The van der Waals surface area contributed by atoms with Crippen molar-refractivity contribution >= 4 is 23.7 Å². The minimum absolute atomic E-state index is 0.0821. The van der Waals surface area contributed by atoms with Gasteiger partial charge in [-0.15, -0.1) is 0 Å². The van der Waals surface area contributed by atoms with Gasteiger partial charge in [0.05, 0.1) is 10.5 Å². The van der Waals surface area contributed by atoms with Crippen LogP contribution < -0.4 is 10.1 Å². The van der Waals surface area contributed by atoms with Gasteiger partial charge in [0.1, 0.15) is 5.75 Å². The quantitative estimate of drug-likeness (QED) is 0.170. The van der Waals surface area contributed by atoms with E-state index in [4.69, 9.17) is 4.74 Å². The predicted octanol–water partition coefficient (Wildman–Crippen LogP) is 3.63. The largest absolute Gasteiger partial charge is 0.427 e. The average Bonchev–Trinajstić information content (AvgIpc) is 2.71. The first-order valence-corrected chi connectivity index (χ1v) is 8.96. The molecule has 9 heteroatoms. The summed E-state index contributed by atoms with van der Waals surface area (Å²) in [7, 11) is 0. The van der Waals surface area contributed by atoms with Gasteiger partial charge in [-0.2, -0.15) is 0 Å². The van der Waals surface area contributed by atoms with Crippen LogP contribution >= 0.6 is 0 Å². The number of carbonyl (C=O) groups excluding carboxylic acids is 3. The van der Waals surface area contributed by atoms with Crippen molar-refractivity contribution < 1.29 is 28.8 Å². The lowest BCUT2D eigenvalue weighted by molar-refractivity contribution is -0.384. The Morgan fingerprint density at radius 2 is 1.62 bits per heavy atom. The number of hydrogen-bond acceptors (Lipinski definition) is 7. The molecule has 152 valence electrons. The van der Waals surface area contributed by atoms with Crippen molar-refractivity contribution in [3.8, 4) is 5.75 Å². The highest BCUT2D eigenvalue weighted by atomic mass is 16.6. The fraction of sp³-hybridized carbons (Fsp3) is 0.250. The molecule has 0 aliphatic heterocycles. The monoisotopic (exact) mass is 400 g/mol. The molecule has 29 heavy (non-hydrogen) atoms. The van der Waals surface area contributed by atoms with Crippen molar-refractivity contribution in [1.82, 2.24) is 5.32 Å². The minimum atomic E-state index is -0.823. The molecule has 0 unspecified atom stereocenters. The summed E-state index contributed by atoms with van der Waals surface area (Å²) in [4.78, 5) is 45.0. The number of nitro benzene ring substituents is 1. The molecular weight excluding hydrogens is 380 g/mol. The molecule has 0 aliphatic carbocycles. The summed E-state index contributed by atoms with van der Waals surface area (Å²) in [6, 6.07) is 13.4. The Bertz CT molecular complexity index is 851. The van der Waals surface area contributed by atoms with Crippen molar-refractivity contribution in [1.29, 1.82) is 0 Å². The molecule has 1 amide bonds. The van der Waals surface area contributed by atoms with Crippen LogP contribution in [0.5, 0.6) is 5.75 Å². The molecule has 2 rings (SSSR count). The van der Waals surface area contributed by atoms with Crippen LogP contribution in [0.25, 0.3) is 0 Å². The molecular formula is C20H20N2O7. The first-order chi connectivity index (χ1) is 14.0. The Morgan fingerprint density at radius 1 is 0.931 bits per heavy atom. The van der Waals surface area contributed by atoms with Gasteiger partial charge in [-0.1, -0.05) is 24.6 Å². The van der Waals surface area contributed by atoms with Crippen LogP contribution in [0, 0.1) is 10.1 Å². The summed E-state index contributed by atoms with van der Waals surface area (Å²) in [5.74, 6) is -0.926. The molecule has 0 radical (unpaired) electrons. The maximum absolute atomic E-state index is 11.7. The van der Waals surface area contributed by atoms with Crippen LogP contribution in [0.2, 0.25) is 0 Å². The third-order valence-corrected chi connectivity index (χ3v) is 3.80. The molecule has 0 saturated carbocycles. The Labute approximate surface area is 166 Å². The summed E-state index contributed by atoms with van der Waals surface area (Å²) in [5, 5.41) is 13.0. The van der Waals surface area contributed by atoms with E-state index in [0.29, 0.717) is 25.8 Å². The molecule has 0 aromatic heterocycles. The van der Waals surface area contributed by atoms with E-state index < -0.39 is 23.0 Å². The SMILES string of the molecule is O=C(CCCCCNC(=O)OC(=O)c1ccccc1)Oc1ccc([N+](=O)[O-])cc1. The summed E-state index contributed by atoms with van der Waals surface area (Å²) >= 11 is 0. The lowest BCUT2D eigenvalue weighted by Gasteiger charge is -2.06. The van der Waals surface area contributed by atoms with Crippen LogP contribution in [0.3, 0.4) is 0 Å². The lowest BCUT2D eigenvalue weighted by atomic mass is 10.2. The molecule has 0 aliphatic rings. The number of hydrogen-bond donors (Lipinski definition) is 1. The molecule has 0 bridgehead atoms. The third-order valence-electron chi connectivity index (χ3n) is 3.80. The van der Waals surface area contributed by atoms with Gasteiger partial charge in [0.15, 0.2) is 0 Å². The Hall–Kier alpha value is -3.75. The molecule has 0 spiro atoms. The highest BCUT2D eigenvalue weighted by Gasteiger charge is 2.12. The third kappa shape index (κ3) is 7.79. The maximum Gasteiger partial charge on any atom is 0.415 e. The van der Waals surface area contributed by atoms with Crippen molar-refractivity contribution in [2.75, 3.05) is 6.54 Å². The number of amides is 1. The lowest BCUT2D eigenvalue weighted by Crippen LogP contribution is -2.27. The van der Waals surface area contributed by atoms with E-state index in [1.165, 1.54) is 24.3 Å². The summed E-state index contributed by atoms with van der Waals surface area (Å²) in [6.07, 6.45) is 1.15. The molecule has 0 saturated heterocycles. The number of nitro groups is 1. The zero-order chi connectivity index (χ0) is 21.1. The normalized spacial score (nSPS) is 10.1. The zero-order valence-corrected chi connectivity index (χ0v) is 15.5. The van der Waals surface area contributed by atoms with Crippen LogP contribution in [-0.4, -0.2) is 29.5 Å². The van der Waals surface area contributed by atoms with Gasteiger partial charge in [0.2, 0.25) is 0 Å². The van der Waals surface area contributed by atoms with Crippen LogP contribution in [0.4, 0.5) is 10.5 Å². The molecule has 0 heterocycles. The van der Waals surface area contributed by atoms with E-state index in [1.54, 1.807) is 30.3 Å². The van der Waals surface area contributed by atoms with E-state index in [9.17, 15) is 24.5 Å². The number of alkyl carbamates (subject to hydrolysis) is 1. The van der Waals surface area contributed by atoms with Crippen LogP contribution in [0.15, 0.2) is 54.6 Å². The van der Waals surface area contributed by atoms with Gasteiger partial charge < -0.3 is 14.8 Å². The van der Waals surface area contributed by atoms with E-state index >= 15 is 0 Å². The fourth-order valence-corrected chi connectivity index (χ4v) is 2.33. The first kappa shape index (κ1) is 21.5. The van der Waals surface area contributed by atoms with Gasteiger partial charge in [-0.3, -0.25) is 14.9 Å². The number of ether oxygens (including phenoxy) is 2. The predicted molar refractivity (Wildman–Crippen MR) is 102 cm³/mol. The van der Waals surface area contributed by atoms with Gasteiger partial charge >= 0.3 is 18.0 Å². The van der Waals surface area contributed by atoms with E-state index in [1.807, 2.05) is 0 Å². The number of non-ortho nitro benzene ring substituents is 1. The van der Waals surface area contributed by atoms with Gasteiger partial charge in [-0.25, -0.2) is 9.59 Å². The Kier molecular flexibility index (Phi) is 8.30. The number of nitrogens with one attached hydrogen (secondary N) is 1. The van der Waals surface area contributed by atoms with Crippen molar-refractivity contribution in [3.05, 3.63) is 70.3 Å². The minimum Gasteiger partial charge on any atom is -0.427 e. The number of carbonyl (C=O) groups is 3. The first-order valence-electron chi connectivity index (χ1n) is 8.96. The van der Waals surface area contributed by atoms with Gasteiger partial charge in [0, 0.05) is 25.1 Å². The second-order valence-electron chi connectivity index (χ2n) is 6.01. The molecule has 1 N–H and O–H groups in total. The van der Waals surface area contributed by atoms with Gasteiger partial charge in [0.25, 0.3) is 5.69 Å². The number of rotatable bonds is 9. The summed E-state index contributed by atoms with van der Waals surface area (Å²) in [6.45, 7) is 0.304. The molecule has 0 fully saturated rings. The maximum atomic E-state index is 11.7. The topological polar surface area (TPSA) is 125 Å². The summed E-state index contributed by atoms with van der Waals surface area (Å²) in [5.41, 5.74) is 0.204. The Balaban J connectivity index is 1.56. The molecule has 0 atom stereocenters. The van der Waals surface area contributed by atoms with E-state index in [2.05, 4.69) is 10.1 Å². The van der Waals surface area contributed by atoms with Crippen molar-refractivity contribution in [2.24, 2.45) is 0 Å². The standard InChI is InChI=1S/C20H20N2O7/c23-18(28-17-12-10-16(11-13-17)22(26)27)9-5-2-6-14-21-20(25)29-19(24)15-7-3-1-4-8-15/h1,3-4,7-8,10-13H,2,5-6,9,14H2,(H,21,25). The summed E-state index contributed by atoms with van der Waals surface area (Å²) < 4.78 is 9.76. The van der Waals surface area contributed by atoms with Crippen molar-refractivity contribution in [2.45, 2.75) is 25.7 Å².